The van der Waals surface area contributed by atoms with Crippen LogP contribution in [0.5, 0.6) is 0 Å². The molecule has 2 aliphatic rings. The standard InChI is InChI=1S/C21H29N3O4/c1-15-2-4-16(5-3-15)24-10-8-23(9-11-24)13-17(25)14-27-18-6-7-19-20(12-18)28-21(26)22-19/h2-5,17-18,25H,6-14H2,1H3,(H,22,26)/t17-,18?/m0/s1. The van der Waals surface area contributed by atoms with E-state index in [2.05, 4.69) is 46.0 Å². The third-order valence-electron chi connectivity index (χ3n) is 5.70. The first-order valence-corrected chi connectivity index (χ1v) is 10.1. The Hall–Kier alpha value is -2.09. The number of aromatic nitrogens is 1. The number of H-pyrrole nitrogens is 1. The Morgan fingerprint density at radius 1 is 1.25 bits per heavy atom. The van der Waals surface area contributed by atoms with Crippen molar-refractivity contribution in [3.63, 3.8) is 0 Å². The Morgan fingerprint density at radius 2 is 2.00 bits per heavy atom. The summed E-state index contributed by atoms with van der Waals surface area (Å²) in [5, 5.41) is 10.4. The summed E-state index contributed by atoms with van der Waals surface area (Å²) in [5.74, 6) is 0.304. The van der Waals surface area contributed by atoms with Crippen LogP contribution in [0.15, 0.2) is 33.5 Å². The van der Waals surface area contributed by atoms with Gasteiger partial charge in [0.15, 0.2) is 0 Å². The molecule has 2 heterocycles. The minimum atomic E-state index is -0.509. The lowest BCUT2D eigenvalue weighted by Crippen LogP contribution is -2.49. The van der Waals surface area contributed by atoms with Crippen LogP contribution in [-0.2, 0) is 17.6 Å². The average molecular weight is 387 g/mol. The summed E-state index contributed by atoms with van der Waals surface area (Å²) in [6.07, 6.45) is 1.67. The smallest absolute Gasteiger partial charge is 0.413 e. The molecule has 152 valence electrons. The van der Waals surface area contributed by atoms with E-state index in [-0.39, 0.29) is 6.10 Å². The summed E-state index contributed by atoms with van der Waals surface area (Å²) < 4.78 is 11.0. The van der Waals surface area contributed by atoms with E-state index in [1.807, 2.05) is 0 Å². The molecule has 0 spiro atoms. The van der Waals surface area contributed by atoms with Gasteiger partial charge < -0.3 is 19.2 Å². The van der Waals surface area contributed by atoms with E-state index in [0.29, 0.717) is 25.3 Å². The van der Waals surface area contributed by atoms with Crippen LogP contribution in [0.3, 0.4) is 0 Å². The first-order chi connectivity index (χ1) is 13.6. The molecular weight excluding hydrogens is 358 g/mol. The van der Waals surface area contributed by atoms with E-state index in [1.165, 1.54) is 11.3 Å². The van der Waals surface area contributed by atoms with Crippen LogP contribution in [-0.4, -0.2) is 66.5 Å². The van der Waals surface area contributed by atoms with Gasteiger partial charge in [-0.25, -0.2) is 4.79 Å². The molecule has 1 aliphatic carbocycles. The molecule has 1 aromatic heterocycles. The predicted molar refractivity (Wildman–Crippen MR) is 107 cm³/mol. The lowest BCUT2D eigenvalue weighted by molar-refractivity contribution is -0.0277. The number of hydrogen-bond acceptors (Lipinski definition) is 6. The first-order valence-electron chi connectivity index (χ1n) is 10.1. The van der Waals surface area contributed by atoms with Crippen LogP contribution in [0.2, 0.25) is 0 Å². The molecule has 4 rings (SSSR count). The Kier molecular flexibility index (Phi) is 5.85. The number of hydrogen-bond donors (Lipinski definition) is 2. The van der Waals surface area contributed by atoms with E-state index in [4.69, 9.17) is 9.15 Å². The average Bonchev–Trinajstić information content (AvgIpc) is 3.07. The van der Waals surface area contributed by atoms with E-state index in [0.717, 1.165) is 44.7 Å². The topological polar surface area (TPSA) is 81.9 Å². The molecule has 7 heteroatoms. The Labute approximate surface area is 164 Å². The van der Waals surface area contributed by atoms with Gasteiger partial charge in [0.2, 0.25) is 0 Å². The number of nitrogens with zero attached hydrogens (tertiary/aromatic N) is 2. The fourth-order valence-corrected chi connectivity index (χ4v) is 4.06. The number of rotatable bonds is 6. The highest BCUT2D eigenvalue weighted by Gasteiger charge is 2.25. The maximum Gasteiger partial charge on any atom is 0.416 e. The van der Waals surface area contributed by atoms with Gasteiger partial charge in [0.1, 0.15) is 5.76 Å². The number of β-amino-alcohol motifs (C(OH)–C–C–N with tert-alkyl or cyclic N) is 1. The highest BCUT2D eigenvalue weighted by atomic mass is 16.5. The van der Waals surface area contributed by atoms with E-state index in [1.54, 1.807) is 0 Å². The van der Waals surface area contributed by atoms with Crippen molar-refractivity contribution in [3.8, 4) is 0 Å². The van der Waals surface area contributed by atoms with Gasteiger partial charge >= 0.3 is 5.76 Å². The van der Waals surface area contributed by atoms with Gasteiger partial charge in [0.25, 0.3) is 0 Å². The van der Waals surface area contributed by atoms with E-state index in [9.17, 15) is 9.90 Å². The van der Waals surface area contributed by atoms with Crippen molar-refractivity contribution in [2.45, 2.75) is 38.4 Å². The zero-order valence-corrected chi connectivity index (χ0v) is 16.4. The minimum absolute atomic E-state index is 0.000477. The summed E-state index contributed by atoms with van der Waals surface area (Å²) in [4.78, 5) is 18.7. The maximum atomic E-state index is 11.3. The molecule has 1 unspecified atom stereocenters. The van der Waals surface area contributed by atoms with E-state index >= 15 is 0 Å². The quantitative estimate of drug-likeness (QED) is 0.778. The zero-order chi connectivity index (χ0) is 19.5. The number of nitrogens with one attached hydrogen (secondary N) is 1. The molecular formula is C21H29N3O4. The number of oxazole rings is 1. The third kappa shape index (κ3) is 4.66. The SMILES string of the molecule is Cc1ccc(N2CCN(C[C@H](O)COC3CCc4[nH]c(=O)oc4C3)CC2)cc1. The molecule has 2 N–H and O–H groups in total. The molecule has 1 aliphatic heterocycles. The Balaban J connectivity index is 1.18. The van der Waals surface area contributed by atoms with E-state index < -0.39 is 11.9 Å². The van der Waals surface area contributed by atoms with Crippen LogP contribution < -0.4 is 10.7 Å². The Bertz CT molecular complexity index is 821. The molecule has 28 heavy (non-hydrogen) atoms. The lowest BCUT2D eigenvalue weighted by Gasteiger charge is -2.37. The summed E-state index contributed by atoms with van der Waals surface area (Å²) in [5.41, 5.74) is 3.43. The molecule has 2 atom stereocenters. The van der Waals surface area contributed by atoms with Gasteiger partial charge in [-0.1, -0.05) is 17.7 Å². The Morgan fingerprint density at radius 3 is 2.75 bits per heavy atom. The number of fused-ring (bicyclic) bond motifs is 1. The van der Waals surface area contributed by atoms with Gasteiger partial charge in [-0.15, -0.1) is 0 Å². The van der Waals surface area contributed by atoms with Crippen molar-refractivity contribution in [1.29, 1.82) is 0 Å². The number of aliphatic hydroxyl groups is 1. The molecule has 0 bridgehead atoms. The number of anilines is 1. The van der Waals surface area contributed by atoms with Gasteiger partial charge in [-0.05, 0) is 31.9 Å². The zero-order valence-electron chi connectivity index (χ0n) is 16.4. The fraction of sp³-hybridized carbons (Fsp3) is 0.571. The van der Waals surface area contributed by atoms with Gasteiger partial charge in [0.05, 0.1) is 24.5 Å². The number of aryl methyl sites for hydroxylation is 2. The number of aliphatic hydroxyl groups excluding tert-OH is 1. The van der Waals surface area contributed by atoms with Crippen molar-refractivity contribution in [1.82, 2.24) is 9.88 Å². The molecule has 7 nitrogen and oxygen atoms in total. The fourth-order valence-electron chi connectivity index (χ4n) is 4.06. The van der Waals surface area contributed by atoms with Crippen LogP contribution >= 0.6 is 0 Å². The van der Waals surface area contributed by atoms with Crippen LogP contribution in [0.1, 0.15) is 23.4 Å². The second-order valence-corrected chi connectivity index (χ2v) is 7.89. The maximum absolute atomic E-state index is 11.3. The number of benzene rings is 1. The predicted octanol–water partition coefficient (Wildman–Crippen LogP) is 1.33. The normalized spacial score (nSPS) is 21.5. The van der Waals surface area contributed by atoms with Crippen molar-refractivity contribution in [2.75, 3.05) is 44.2 Å². The van der Waals surface area contributed by atoms with Crippen LogP contribution in [0, 0.1) is 6.92 Å². The summed E-state index contributed by atoms with van der Waals surface area (Å²) in [6.45, 7) is 6.85. The monoisotopic (exact) mass is 387 g/mol. The highest BCUT2D eigenvalue weighted by molar-refractivity contribution is 5.47. The molecule has 0 saturated carbocycles. The largest absolute Gasteiger partial charge is 0.416 e. The molecule has 2 aromatic rings. The number of ether oxygens (including phenoxy) is 1. The van der Waals surface area contributed by atoms with Gasteiger partial charge in [-0.3, -0.25) is 9.88 Å². The summed E-state index contributed by atoms with van der Waals surface area (Å²) >= 11 is 0. The summed E-state index contributed by atoms with van der Waals surface area (Å²) in [7, 11) is 0. The van der Waals surface area contributed by atoms with Gasteiger partial charge in [0, 0.05) is 44.8 Å². The third-order valence-corrected chi connectivity index (χ3v) is 5.70. The van der Waals surface area contributed by atoms with Crippen LogP contribution in [0.4, 0.5) is 5.69 Å². The molecule has 1 saturated heterocycles. The lowest BCUT2D eigenvalue weighted by atomic mass is 9.99. The van der Waals surface area contributed by atoms with Gasteiger partial charge in [-0.2, -0.15) is 0 Å². The van der Waals surface area contributed by atoms with Crippen molar-refractivity contribution < 1.29 is 14.3 Å². The molecule has 0 amide bonds. The van der Waals surface area contributed by atoms with Crippen LogP contribution in [0.25, 0.3) is 0 Å². The molecule has 1 fully saturated rings. The minimum Gasteiger partial charge on any atom is -0.413 e. The second-order valence-electron chi connectivity index (χ2n) is 7.89. The van der Waals surface area contributed by atoms with Crippen molar-refractivity contribution >= 4 is 5.69 Å². The molecule has 1 aromatic carbocycles. The second kappa shape index (κ2) is 8.51. The van der Waals surface area contributed by atoms with Crippen molar-refractivity contribution in [3.05, 3.63) is 51.8 Å². The highest BCUT2D eigenvalue weighted by Crippen LogP contribution is 2.21. The summed E-state index contributed by atoms with van der Waals surface area (Å²) in [6, 6.07) is 8.65. The number of aromatic amines is 1. The van der Waals surface area contributed by atoms with Crippen molar-refractivity contribution in [2.24, 2.45) is 0 Å². The molecule has 0 radical (unpaired) electrons. The number of piperazine rings is 1. The first kappa shape index (κ1) is 19.2.